The maximum Gasteiger partial charge on any atom is 0.251 e. The first-order valence-corrected chi connectivity index (χ1v) is 24.4. The maximum atomic E-state index is 16.7. The average Bonchev–Trinajstić information content (AvgIpc) is 4.09. The number of fused-ring (bicyclic) bond motifs is 10. The van der Waals surface area contributed by atoms with Crippen molar-refractivity contribution >= 4 is 58.1 Å². The van der Waals surface area contributed by atoms with Crippen LogP contribution in [0.1, 0.15) is 128 Å². The number of carbonyl (C=O) groups is 4. The lowest BCUT2D eigenvalue weighted by atomic mass is 9.39. The molecule has 4 bridgehead atoms. The number of aliphatic hydroxyl groups excluding tert-OH is 1. The molecule has 5 spiro atoms. The Morgan fingerprint density at radius 2 is 1.35 bits per heavy atom. The van der Waals surface area contributed by atoms with Gasteiger partial charge in [-0.25, -0.2) is 0 Å². The summed E-state index contributed by atoms with van der Waals surface area (Å²) in [5.41, 5.74) is -3.85. The number of aromatic amines is 1. The fourth-order valence-corrected chi connectivity index (χ4v) is 17.8. The van der Waals surface area contributed by atoms with Crippen LogP contribution in [0.3, 0.4) is 0 Å². The highest BCUT2D eigenvalue weighted by atomic mass is 16.5. The molecular weight excluding hydrogens is 865 g/mol. The van der Waals surface area contributed by atoms with E-state index in [2.05, 4.69) is 56.2 Å². The number of piperazine rings is 2. The molecule has 1 aromatic heterocycles. The van der Waals surface area contributed by atoms with E-state index in [-0.39, 0.29) is 29.1 Å². The van der Waals surface area contributed by atoms with E-state index in [1.807, 2.05) is 72.7 Å². The van der Waals surface area contributed by atoms with E-state index in [0.29, 0.717) is 79.9 Å². The van der Waals surface area contributed by atoms with Crippen LogP contribution in [0, 0.1) is 22.5 Å². The number of piperidine rings is 4. The molecule has 15 heteroatoms. The second kappa shape index (κ2) is 11.8. The van der Waals surface area contributed by atoms with Crippen LogP contribution in [0.2, 0.25) is 0 Å². The predicted octanol–water partition coefficient (Wildman–Crippen LogP) is 4.86. The zero-order chi connectivity index (χ0) is 46.9. The Bertz CT molecular complexity index is 3090. The second-order valence-electron chi connectivity index (χ2n) is 24.1. The minimum atomic E-state index is -1.66. The highest BCUT2D eigenvalue weighted by Crippen LogP contribution is 2.80. The van der Waals surface area contributed by atoms with E-state index in [1.165, 1.54) is 0 Å². The lowest BCUT2D eigenvalue weighted by Crippen LogP contribution is -2.93. The Labute approximate surface area is 394 Å². The van der Waals surface area contributed by atoms with Crippen molar-refractivity contribution in [2.45, 2.75) is 150 Å². The number of amides is 4. The minimum Gasteiger partial charge on any atom is -0.618 e. The molecule has 3 aromatic rings. The van der Waals surface area contributed by atoms with Gasteiger partial charge in [-0.2, -0.15) is 4.74 Å². The lowest BCUT2D eigenvalue weighted by molar-refractivity contribution is -0.367. The summed E-state index contributed by atoms with van der Waals surface area (Å²) >= 11 is 0. The van der Waals surface area contributed by atoms with Crippen LogP contribution in [0.4, 0.5) is 5.69 Å². The number of nitrogens with zero attached hydrogens (tertiary/aromatic N) is 4. The predicted molar refractivity (Wildman–Crippen MR) is 251 cm³/mol. The Morgan fingerprint density at radius 1 is 0.750 bits per heavy atom. The summed E-state index contributed by atoms with van der Waals surface area (Å²) in [6, 6.07) is 6.94. The third kappa shape index (κ3) is 3.90. The van der Waals surface area contributed by atoms with Crippen LogP contribution in [0.5, 0.6) is 11.5 Å². The van der Waals surface area contributed by atoms with Crippen LogP contribution >= 0.6 is 0 Å². The van der Waals surface area contributed by atoms with Gasteiger partial charge < -0.3 is 50.3 Å². The molecule has 4 amide bonds. The number of carbonyl (C=O) groups excluding carboxylic acids is 4. The van der Waals surface area contributed by atoms with Gasteiger partial charge >= 0.3 is 0 Å². The van der Waals surface area contributed by atoms with E-state index < -0.39 is 73.4 Å². The van der Waals surface area contributed by atoms with Crippen molar-refractivity contribution in [1.82, 2.24) is 25.0 Å². The monoisotopic (exact) mass is 924 g/mol. The van der Waals surface area contributed by atoms with Gasteiger partial charge in [-0.3, -0.25) is 19.2 Å². The van der Waals surface area contributed by atoms with Gasteiger partial charge in [0.15, 0.2) is 5.71 Å². The van der Waals surface area contributed by atoms with Crippen molar-refractivity contribution in [3.8, 4) is 11.5 Å². The fourth-order valence-electron chi connectivity index (χ4n) is 17.8. The molecule has 13 heterocycles. The van der Waals surface area contributed by atoms with Crippen molar-refractivity contribution < 1.29 is 44.0 Å². The molecule has 10 fully saturated rings. The summed E-state index contributed by atoms with van der Waals surface area (Å²) < 4.78 is 14.3. The molecule has 5 N–H and O–H groups in total. The highest BCUT2D eigenvalue weighted by Gasteiger charge is 2.95. The molecule has 9 saturated heterocycles. The molecular formula is C53H60N6O9. The van der Waals surface area contributed by atoms with E-state index in [4.69, 9.17) is 14.6 Å². The molecule has 0 unspecified atom stereocenters. The summed E-state index contributed by atoms with van der Waals surface area (Å²) in [5, 5.41) is 27.9. The Morgan fingerprint density at radius 3 is 2.04 bits per heavy atom. The number of rotatable bonds is 0. The number of hydrogen-bond acceptors (Lipinski definition) is 8. The standard InChI is InChI=1S/C52H54N6O7.CH4O.H2O/c1-44(2)19-15-25-29(64-44)13-11-27-33-36-50-28-12-14-30-26(16-20-45(3,4)65-30)35(28)58(63)38(50)47(7,8)31-23-48-17-9-21-55(48)42(61)51(31,54-40(48)59)39(50)57-41(60)49-18-10-22-56(49)43(62)52(36,57)32(24-49)46(5,6)37(33)53-34(25)27;1-2;/h11-16,19-20,31-32,36,39,53H,9-10,17-18,21-24H2,1-8H3,(H,54,59);2H,1H3;1H2/t31-,32-,36+,39-,48-,49-,50-,51+,52+;;/m0../s1. The molecule has 356 valence electrons. The van der Waals surface area contributed by atoms with Gasteiger partial charge in [-0.15, -0.1) is 0 Å². The number of aromatic nitrogens is 1. The number of H-pyrrole nitrogens is 1. The minimum absolute atomic E-state index is 0. The molecule has 12 aliphatic heterocycles. The van der Waals surface area contributed by atoms with Crippen molar-refractivity contribution in [2.24, 2.45) is 17.3 Å². The third-order valence-electron chi connectivity index (χ3n) is 19.9. The molecule has 68 heavy (non-hydrogen) atoms. The molecule has 1 saturated carbocycles. The number of ether oxygens (including phenoxy) is 2. The van der Waals surface area contributed by atoms with Gasteiger partial charge in [0, 0.05) is 65.6 Å². The van der Waals surface area contributed by atoms with Crippen molar-refractivity contribution in [1.29, 1.82) is 0 Å². The van der Waals surface area contributed by atoms with Crippen LogP contribution < -0.4 is 14.8 Å². The Balaban J connectivity index is 0.00000151. The van der Waals surface area contributed by atoms with Crippen LogP contribution in [0.25, 0.3) is 23.1 Å². The molecule has 14 aliphatic rings. The van der Waals surface area contributed by atoms with Crippen molar-refractivity contribution in [2.75, 3.05) is 20.2 Å². The average molecular weight is 925 g/mol. The van der Waals surface area contributed by atoms with Gasteiger partial charge in [0.05, 0.1) is 22.5 Å². The molecule has 2 aromatic carbocycles. The molecule has 17 rings (SSSR count). The van der Waals surface area contributed by atoms with Gasteiger partial charge in [0.1, 0.15) is 50.3 Å². The summed E-state index contributed by atoms with van der Waals surface area (Å²) in [4.78, 5) is 74.5. The van der Waals surface area contributed by atoms with Gasteiger partial charge in [-0.1, -0.05) is 13.8 Å². The number of aliphatic hydroxyl groups is 1. The van der Waals surface area contributed by atoms with E-state index in [1.54, 1.807) is 0 Å². The van der Waals surface area contributed by atoms with E-state index >= 15 is 24.4 Å². The molecule has 9 atom stereocenters. The van der Waals surface area contributed by atoms with Gasteiger partial charge in [-0.05, 0) is 134 Å². The lowest BCUT2D eigenvalue weighted by Gasteiger charge is -2.70. The second-order valence-corrected chi connectivity index (χ2v) is 24.1. The Hall–Kier alpha value is -5.67. The smallest absolute Gasteiger partial charge is 0.251 e. The van der Waals surface area contributed by atoms with Crippen LogP contribution in [-0.2, 0) is 30.0 Å². The van der Waals surface area contributed by atoms with E-state index in [9.17, 15) is 0 Å². The van der Waals surface area contributed by atoms with Gasteiger partial charge in [0.25, 0.3) is 5.91 Å². The Kier molecular flexibility index (Phi) is 7.39. The van der Waals surface area contributed by atoms with Crippen LogP contribution in [-0.4, -0.2) is 124 Å². The normalized spacial score (nSPS) is 39.2. The van der Waals surface area contributed by atoms with Crippen molar-refractivity contribution in [3.63, 3.8) is 0 Å². The zero-order valence-electron chi connectivity index (χ0n) is 40.2. The fraction of sp³-hybridized carbons (Fsp3) is 0.566. The zero-order valence-corrected chi connectivity index (χ0v) is 40.2. The van der Waals surface area contributed by atoms with Gasteiger partial charge in [0.2, 0.25) is 23.4 Å². The summed E-state index contributed by atoms with van der Waals surface area (Å²) in [6.45, 7) is 17.5. The van der Waals surface area contributed by atoms with Crippen molar-refractivity contribution in [3.05, 3.63) is 69.6 Å². The molecule has 15 nitrogen and oxygen atoms in total. The number of nitrogens with one attached hydrogen (secondary N) is 2. The highest BCUT2D eigenvalue weighted by molar-refractivity contribution is 6.18. The summed E-state index contributed by atoms with van der Waals surface area (Å²) in [6.07, 6.45) is 11.4. The SMILES string of the molecule is CC1(C)C=Cc2c(ccc3c2[N+]([O-])=C2C(C)(C)[C@@H]4C[C@]56CCCN5C(=O)[C@]4(NC6=O)[C@H]4N5C(=O)[C@@]67CCCN6C(=O)[C@@]56[C@H](c5c([nH]c8c9c(ccc58)OC(C)(C)C=C9)C(C)(C)[C@@H]6C7)[C@]234)O1.CO.O. The first kappa shape index (κ1) is 42.4. The maximum absolute atomic E-state index is 16.7. The molecule has 0 radical (unpaired) electrons. The first-order chi connectivity index (χ1) is 31.7. The largest absolute Gasteiger partial charge is 0.618 e. The van der Waals surface area contributed by atoms with E-state index in [0.717, 1.165) is 45.3 Å². The summed E-state index contributed by atoms with van der Waals surface area (Å²) in [7, 11) is 1.00. The topological polar surface area (TPSA) is 202 Å². The number of benzene rings is 2. The third-order valence-corrected chi connectivity index (χ3v) is 19.9. The summed E-state index contributed by atoms with van der Waals surface area (Å²) in [5.74, 6) is -1.16. The first-order valence-electron chi connectivity index (χ1n) is 24.4. The van der Waals surface area contributed by atoms with Crippen LogP contribution in [0.15, 0.2) is 36.4 Å². The molecule has 2 aliphatic carbocycles. The quantitative estimate of drug-likeness (QED) is 0.210. The number of hydrogen-bond donors (Lipinski definition) is 3.